The lowest BCUT2D eigenvalue weighted by Gasteiger charge is -2.16. The second kappa shape index (κ2) is 5.86. The summed E-state index contributed by atoms with van der Waals surface area (Å²) in [4.78, 5) is 6.08. The van der Waals surface area contributed by atoms with Crippen LogP contribution in [0.1, 0.15) is 12.8 Å². The van der Waals surface area contributed by atoms with Crippen LogP contribution >= 0.6 is 0 Å². The molecule has 2 rings (SSSR count). The molecule has 0 unspecified atom stereocenters. The van der Waals surface area contributed by atoms with Gasteiger partial charge < -0.3 is 15.4 Å². The van der Waals surface area contributed by atoms with E-state index < -0.39 is 11.6 Å². The maximum Gasteiger partial charge on any atom is 0.191 e. The predicted octanol–water partition coefficient (Wildman–Crippen LogP) is 1.75. The standard InChI is InChI=1S/C13H17F2N3O/c1-18(10-3-4-10)13(16)17-6-7-19-12-5-2-9(14)8-11(12)15/h2,5,8,10H,3-4,6-7H2,1H3,(H2,16,17). The van der Waals surface area contributed by atoms with E-state index in [4.69, 9.17) is 10.5 Å². The molecule has 104 valence electrons. The van der Waals surface area contributed by atoms with Crippen molar-refractivity contribution in [1.82, 2.24) is 4.90 Å². The molecule has 19 heavy (non-hydrogen) atoms. The third-order valence-corrected chi connectivity index (χ3v) is 2.97. The normalized spacial score (nSPS) is 15.4. The molecule has 0 atom stereocenters. The van der Waals surface area contributed by atoms with Crippen LogP contribution in [0.25, 0.3) is 0 Å². The van der Waals surface area contributed by atoms with E-state index >= 15 is 0 Å². The highest BCUT2D eigenvalue weighted by molar-refractivity contribution is 5.78. The molecule has 1 fully saturated rings. The molecule has 1 aromatic rings. The van der Waals surface area contributed by atoms with Crippen molar-refractivity contribution in [1.29, 1.82) is 0 Å². The third-order valence-electron chi connectivity index (χ3n) is 2.97. The van der Waals surface area contributed by atoms with Gasteiger partial charge in [-0.15, -0.1) is 0 Å². The predicted molar refractivity (Wildman–Crippen MR) is 69.1 cm³/mol. The molecule has 0 radical (unpaired) electrons. The van der Waals surface area contributed by atoms with Crippen molar-refractivity contribution in [2.75, 3.05) is 20.2 Å². The molecular weight excluding hydrogens is 252 g/mol. The first kappa shape index (κ1) is 13.6. The van der Waals surface area contributed by atoms with E-state index in [1.165, 1.54) is 6.07 Å². The van der Waals surface area contributed by atoms with E-state index in [1.54, 1.807) is 0 Å². The minimum absolute atomic E-state index is 0.0192. The fourth-order valence-electron chi connectivity index (χ4n) is 1.67. The molecule has 0 amide bonds. The highest BCUT2D eigenvalue weighted by Crippen LogP contribution is 2.24. The van der Waals surface area contributed by atoms with Crippen LogP contribution in [0.15, 0.2) is 23.2 Å². The number of halogens is 2. The average molecular weight is 269 g/mol. The minimum atomic E-state index is -0.716. The van der Waals surface area contributed by atoms with Gasteiger partial charge in [0.25, 0.3) is 0 Å². The summed E-state index contributed by atoms with van der Waals surface area (Å²) in [6, 6.07) is 3.69. The Morgan fingerprint density at radius 1 is 1.47 bits per heavy atom. The van der Waals surface area contributed by atoms with Crippen molar-refractivity contribution >= 4 is 5.96 Å². The lowest BCUT2D eigenvalue weighted by molar-refractivity contribution is 0.309. The summed E-state index contributed by atoms with van der Waals surface area (Å²) < 4.78 is 31.1. The average Bonchev–Trinajstić information content (AvgIpc) is 3.19. The van der Waals surface area contributed by atoms with Gasteiger partial charge in [-0.05, 0) is 25.0 Å². The monoisotopic (exact) mass is 269 g/mol. The van der Waals surface area contributed by atoms with Gasteiger partial charge >= 0.3 is 0 Å². The SMILES string of the molecule is CN(C(N)=NCCOc1ccc(F)cc1F)C1CC1. The zero-order valence-electron chi connectivity index (χ0n) is 10.8. The van der Waals surface area contributed by atoms with Crippen molar-refractivity contribution in [2.45, 2.75) is 18.9 Å². The number of rotatable bonds is 5. The Balaban J connectivity index is 1.78. The molecule has 0 saturated heterocycles. The highest BCUT2D eigenvalue weighted by Gasteiger charge is 2.27. The molecule has 0 aliphatic heterocycles. The highest BCUT2D eigenvalue weighted by atomic mass is 19.1. The molecular formula is C13H17F2N3O. The van der Waals surface area contributed by atoms with E-state index in [2.05, 4.69) is 4.99 Å². The van der Waals surface area contributed by atoms with Crippen LogP contribution in [0.4, 0.5) is 8.78 Å². The van der Waals surface area contributed by atoms with Crippen LogP contribution in [0.2, 0.25) is 0 Å². The molecule has 1 aliphatic rings. The van der Waals surface area contributed by atoms with Gasteiger partial charge in [0.1, 0.15) is 12.4 Å². The van der Waals surface area contributed by atoms with Crippen LogP contribution in [-0.2, 0) is 0 Å². The zero-order chi connectivity index (χ0) is 13.8. The number of nitrogens with two attached hydrogens (primary N) is 1. The van der Waals surface area contributed by atoms with Gasteiger partial charge in [0.15, 0.2) is 17.5 Å². The third kappa shape index (κ3) is 3.81. The fourth-order valence-corrected chi connectivity index (χ4v) is 1.67. The van der Waals surface area contributed by atoms with Crippen LogP contribution in [-0.4, -0.2) is 37.1 Å². The largest absolute Gasteiger partial charge is 0.489 e. The van der Waals surface area contributed by atoms with E-state index in [-0.39, 0.29) is 12.4 Å². The molecule has 1 aliphatic carbocycles. The van der Waals surface area contributed by atoms with Crippen molar-refractivity contribution < 1.29 is 13.5 Å². The van der Waals surface area contributed by atoms with Crippen LogP contribution in [0, 0.1) is 11.6 Å². The topological polar surface area (TPSA) is 50.8 Å². The Bertz CT molecular complexity index is 475. The number of aliphatic imine (C=N–C) groups is 1. The van der Waals surface area contributed by atoms with E-state index in [0.717, 1.165) is 25.0 Å². The Morgan fingerprint density at radius 2 is 2.21 bits per heavy atom. The second-order valence-electron chi connectivity index (χ2n) is 4.51. The number of guanidine groups is 1. The summed E-state index contributed by atoms with van der Waals surface area (Å²) in [5, 5.41) is 0. The summed E-state index contributed by atoms with van der Waals surface area (Å²) in [6.07, 6.45) is 2.29. The lowest BCUT2D eigenvalue weighted by atomic mass is 10.3. The molecule has 0 aromatic heterocycles. The molecule has 0 heterocycles. The Hall–Kier alpha value is -1.85. The fraction of sp³-hybridized carbons (Fsp3) is 0.462. The number of ether oxygens (including phenoxy) is 1. The van der Waals surface area contributed by atoms with Crippen LogP contribution < -0.4 is 10.5 Å². The Morgan fingerprint density at radius 3 is 2.84 bits per heavy atom. The van der Waals surface area contributed by atoms with Gasteiger partial charge in [-0.1, -0.05) is 0 Å². The van der Waals surface area contributed by atoms with Gasteiger partial charge in [0.2, 0.25) is 0 Å². The molecule has 6 heteroatoms. The van der Waals surface area contributed by atoms with Crippen molar-refractivity contribution in [3.63, 3.8) is 0 Å². The van der Waals surface area contributed by atoms with Crippen molar-refractivity contribution in [2.24, 2.45) is 10.7 Å². The summed E-state index contributed by atoms with van der Waals surface area (Å²) in [5.74, 6) is -0.860. The number of nitrogens with zero attached hydrogens (tertiary/aromatic N) is 2. The number of hydrogen-bond acceptors (Lipinski definition) is 2. The molecule has 4 nitrogen and oxygen atoms in total. The van der Waals surface area contributed by atoms with Crippen LogP contribution in [0.5, 0.6) is 5.75 Å². The summed E-state index contributed by atoms with van der Waals surface area (Å²) >= 11 is 0. The molecule has 0 bridgehead atoms. The van der Waals surface area contributed by atoms with E-state index in [1.807, 2.05) is 11.9 Å². The van der Waals surface area contributed by atoms with Gasteiger partial charge in [-0.25, -0.2) is 13.8 Å². The number of benzene rings is 1. The Kier molecular flexibility index (Phi) is 4.19. The van der Waals surface area contributed by atoms with Gasteiger partial charge in [-0.2, -0.15) is 0 Å². The van der Waals surface area contributed by atoms with Crippen LogP contribution in [0.3, 0.4) is 0 Å². The summed E-state index contributed by atoms with van der Waals surface area (Å²) in [5.41, 5.74) is 5.78. The first-order valence-electron chi connectivity index (χ1n) is 6.18. The Labute approximate surface area is 110 Å². The zero-order valence-corrected chi connectivity index (χ0v) is 10.8. The molecule has 0 spiro atoms. The summed E-state index contributed by atoms with van der Waals surface area (Å²) in [6.45, 7) is 0.529. The number of hydrogen-bond donors (Lipinski definition) is 1. The van der Waals surface area contributed by atoms with E-state index in [9.17, 15) is 8.78 Å². The smallest absolute Gasteiger partial charge is 0.191 e. The van der Waals surface area contributed by atoms with E-state index in [0.29, 0.717) is 18.5 Å². The van der Waals surface area contributed by atoms with Gasteiger partial charge in [-0.3, -0.25) is 0 Å². The molecule has 1 saturated carbocycles. The minimum Gasteiger partial charge on any atom is -0.489 e. The quantitative estimate of drug-likeness (QED) is 0.503. The van der Waals surface area contributed by atoms with Gasteiger partial charge in [0.05, 0.1) is 6.54 Å². The second-order valence-corrected chi connectivity index (χ2v) is 4.51. The maximum atomic E-state index is 13.2. The summed E-state index contributed by atoms with van der Waals surface area (Å²) in [7, 11) is 1.90. The molecule has 2 N–H and O–H groups in total. The maximum absolute atomic E-state index is 13.2. The van der Waals surface area contributed by atoms with Gasteiger partial charge in [0, 0.05) is 19.2 Å². The van der Waals surface area contributed by atoms with Crippen molar-refractivity contribution in [3.05, 3.63) is 29.8 Å². The lowest BCUT2D eigenvalue weighted by Crippen LogP contribution is -2.36. The molecule has 1 aromatic carbocycles. The first-order chi connectivity index (χ1) is 9.08. The first-order valence-corrected chi connectivity index (χ1v) is 6.18. The van der Waals surface area contributed by atoms with Crippen molar-refractivity contribution in [3.8, 4) is 5.75 Å².